The van der Waals surface area contributed by atoms with Gasteiger partial charge in [0.25, 0.3) is 0 Å². The zero-order valence-corrected chi connectivity index (χ0v) is 9.41. The highest BCUT2D eigenvalue weighted by atomic mass is 35.5. The Bertz CT molecular complexity index is 118. The number of hydrogen-bond acceptors (Lipinski definition) is 3. The van der Waals surface area contributed by atoms with Crippen LogP contribution in [0.5, 0.6) is 0 Å². The highest BCUT2D eigenvalue weighted by Crippen LogP contribution is 2.21. The Morgan fingerprint density at radius 2 is 2.08 bits per heavy atom. The Labute approximate surface area is 89.3 Å². The maximum Gasteiger partial charge on any atom is 0.0602 e. The summed E-state index contributed by atoms with van der Waals surface area (Å²) in [5, 5.41) is 0.786. The normalized spacial score (nSPS) is 19.2. The molecule has 13 heavy (non-hydrogen) atoms. The number of thioether (sulfide) groups is 1. The fourth-order valence-electron chi connectivity index (χ4n) is 1.27. The molecule has 1 aliphatic heterocycles. The van der Waals surface area contributed by atoms with Gasteiger partial charge in [-0.3, -0.25) is 0 Å². The van der Waals surface area contributed by atoms with Crippen molar-refractivity contribution >= 4 is 23.4 Å². The molecule has 78 valence electrons. The Kier molecular flexibility index (Phi) is 7.09. The van der Waals surface area contributed by atoms with Crippen molar-refractivity contribution in [2.75, 3.05) is 38.1 Å². The Morgan fingerprint density at radius 3 is 2.77 bits per heavy atom. The van der Waals surface area contributed by atoms with Gasteiger partial charge in [0.15, 0.2) is 0 Å². The molecule has 0 spiro atoms. The lowest BCUT2D eigenvalue weighted by atomic mass is 10.2. The molecule has 1 saturated heterocycles. The molecule has 0 atom stereocenters. The van der Waals surface area contributed by atoms with Gasteiger partial charge >= 0.3 is 0 Å². The molecule has 4 heteroatoms. The molecule has 0 aliphatic carbocycles. The number of rotatable bonds is 6. The Morgan fingerprint density at radius 1 is 1.31 bits per heavy atom. The summed E-state index contributed by atoms with van der Waals surface area (Å²) in [6, 6.07) is 0. The Balaban J connectivity index is 1.86. The van der Waals surface area contributed by atoms with Crippen LogP contribution in [0.15, 0.2) is 0 Å². The van der Waals surface area contributed by atoms with Crippen molar-refractivity contribution in [3.8, 4) is 0 Å². The molecule has 0 aromatic rings. The molecule has 0 N–H and O–H groups in total. The van der Waals surface area contributed by atoms with Crippen LogP contribution in [-0.2, 0) is 9.47 Å². The van der Waals surface area contributed by atoms with Gasteiger partial charge in [-0.1, -0.05) is 0 Å². The summed E-state index contributed by atoms with van der Waals surface area (Å²) in [6.45, 7) is 3.37. The molecule has 0 aromatic heterocycles. The summed E-state index contributed by atoms with van der Waals surface area (Å²) >= 11 is 7.48. The van der Waals surface area contributed by atoms with Gasteiger partial charge < -0.3 is 9.47 Å². The van der Waals surface area contributed by atoms with Gasteiger partial charge in [0, 0.05) is 30.1 Å². The molecule has 0 aromatic carbocycles. The van der Waals surface area contributed by atoms with Crippen molar-refractivity contribution in [3.05, 3.63) is 0 Å². The van der Waals surface area contributed by atoms with E-state index in [1.54, 1.807) is 0 Å². The predicted molar refractivity (Wildman–Crippen MR) is 57.8 cm³/mol. The number of hydrogen-bond donors (Lipinski definition) is 0. The first-order valence-electron chi connectivity index (χ1n) is 4.76. The van der Waals surface area contributed by atoms with Crippen molar-refractivity contribution in [1.29, 1.82) is 0 Å². The number of alkyl halides is 1. The lowest BCUT2D eigenvalue weighted by Gasteiger charge is -2.21. The summed E-state index contributed by atoms with van der Waals surface area (Å²) in [6.07, 6.45) is 2.39. The van der Waals surface area contributed by atoms with Crippen LogP contribution in [0.1, 0.15) is 12.8 Å². The fraction of sp³-hybridized carbons (Fsp3) is 1.00. The second kappa shape index (κ2) is 7.92. The van der Waals surface area contributed by atoms with Crippen LogP contribution in [0.2, 0.25) is 0 Å². The quantitative estimate of drug-likeness (QED) is 0.509. The smallest absolute Gasteiger partial charge is 0.0602 e. The van der Waals surface area contributed by atoms with Crippen LogP contribution in [-0.4, -0.2) is 43.3 Å². The van der Waals surface area contributed by atoms with Crippen LogP contribution >= 0.6 is 23.4 Å². The van der Waals surface area contributed by atoms with E-state index in [2.05, 4.69) is 0 Å². The van der Waals surface area contributed by atoms with Gasteiger partial charge in [0.1, 0.15) is 0 Å². The number of halogens is 1. The van der Waals surface area contributed by atoms with Gasteiger partial charge in [0.2, 0.25) is 0 Å². The topological polar surface area (TPSA) is 18.5 Å². The van der Waals surface area contributed by atoms with E-state index in [1.165, 1.54) is 12.8 Å². The van der Waals surface area contributed by atoms with E-state index in [-0.39, 0.29) is 0 Å². The highest BCUT2D eigenvalue weighted by Gasteiger charge is 2.13. The molecule has 1 fully saturated rings. The molecule has 2 nitrogen and oxygen atoms in total. The van der Waals surface area contributed by atoms with Crippen LogP contribution in [0.3, 0.4) is 0 Å². The third kappa shape index (κ3) is 5.78. The Hall–Kier alpha value is 0.560. The van der Waals surface area contributed by atoms with E-state index in [0.717, 1.165) is 30.8 Å². The zero-order valence-electron chi connectivity index (χ0n) is 7.84. The molecule has 1 heterocycles. The largest absolute Gasteiger partial charge is 0.381 e. The van der Waals surface area contributed by atoms with Gasteiger partial charge in [-0.15, -0.1) is 11.6 Å². The standard InChI is InChI=1S/C9H17ClO2S/c10-3-6-12-7-8-13-9-1-4-11-5-2-9/h9H,1-8H2. The maximum atomic E-state index is 5.48. The van der Waals surface area contributed by atoms with E-state index in [1.807, 2.05) is 11.8 Å². The fourth-order valence-corrected chi connectivity index (χ4v) is 2.46. The van der Waals surface area contributed by atoms with Crippen LogP contribution in [0, 0.1) is 0 Å². The minimum absolute atomic E-state index is 0.599. The third-order valence-corrected chi connectivity index (χ3v) is 3.47. The van der Waals surface area contributed by atoms with Crippen molar-refractivity contribution in [1.82, 2.24) is 0 Å². The molecule has 0 radical (unpaired) electrons. The second-order valence-electron chi connectivity index (χ2n) is 2.98. The van der Waals surface area contributed by atoms with Crippen molar-refractivity contribution in [2.45, 2.75) is 18.1 Å². The summed E-state index contributed by atoms with van der Waals surface area (Å²) < 4.78 is 10.6. The van der Waals surface area contributed by atoms with Crippen molar-refractivity contribution in [2.24, 2.45) is 0 Å². The van der Waals surface area contributed by atoms with Crippen molar-refractivity contribution < 1.29 is 9.47 Å². The van der Waals surface area contributed by atoms with E-state index < -0.39 is 0 Å². The summed E-state index contributed by atoms with van der Waals surface area (Å²) in [5.74, 6) is 1.68. The van der Waals surface area contributed by atoms with Gasteiger partial charge in [-0.05, 0) is 12.8 Å². The summed E-state index contributed by atoms with van der Waals surface area (Å²) in [7, 11) is 0. The maximum absolute atomic E-state index is 5.48. The minimum Gasteiger partial charge on any atom is -0.381 e. The lowest BCUT2D eigenvalue weighted by Crippen LogP contribution is -2.18. The van der Waals surface area contributed by atoms with E-state index >= 15 is 0 Å². The van der Waals surface area contributed by atoms with E-state index in [4.69, 9.17) is 21.1 Å². The van der Waals surface area contributed by atoms with Gasteiger partial charge in [-0.2, -0.15) is 11.8 Å². The monoisotopic (exact) mass is 224 g/mol. The molecule has 0 unspecified atom stereocenters. The number of ether oxygens (including phenoxy) is 2. The molecule has 0 bridgehead atoms. The van der Waals surface area contributed by atoms with Crippen LogP contribution < -0.4 is 0 Å². The first kappa shape index (κ1) is 11.6. The molecule has 1 rings (SSSR count). The molecular weight excluding hydrogens is 208 g/mol. The average Bonchev–Trinajstić information content (AvgIpc) is 2.19. The van der Waals surface area contributed by atoms with Gasteiger partial charge in [0.05, 0.1) is 13.2 Å². The third-order valence-electron chi connectivity index (χ3n) is 1.97. The summed E-state index contributed by atoms with van der Waals surface area (Å²) in [4.78, 5) is 0. The average molecular weight is 225 g/mol. The second-order valence-corrected chi connectivity index (χ2v) is 4.77. The first-order valence-corrected chi connectivity index (χ1v) is 6.35. The molecule has 0 amide bonds. The van der Waals surface area contributed by atoms with Crippen molar-refractivity contribution in [3.63, 3.8) is 0 Å². The predicted octanol–water partition coefficient (Wildman–Crippen LogP) is 2.15. The first-order chi connectivity index (χ1) is 6.43. The summed E-state index contributed by atoms with van der Waals surface area (Å²) in [5.41, 5.74) is 0. The molecule has 0 saturated carbocycles. The SMILES string of the molecule is ClCCOCCSC1CCOCC1. The van der Waals surface area contributed by atoms with E-state index in [9.17, 15) is 0 Å². The molecule has 1 aliphatic rings. The van der Waals surface area contributed by atoms with Gasteiger partial charge in [-0.25, -0.2) is 0 Å². The van der Waals surface area contributed by atoms with E-state index in [0.29, 0.717) is 12.5 Å². The highest BCUT2D eigenvalue weighted by molar-refractivity contribution is 7.99. The molecular formula is C9H17ClO2S. The zero-order chi connectivity index (χ0) is 9.36. The minimum atomic E-state index is 0.599. The lowest BCUT2D eigenvalue weighted by molar-refractivity contribution is 0.0998. The van der Waals surface area contributed by atoms with Crippen LogP contribution in [0.25, 0.3) is 0 Å². The van der Waals surface area contributed by atoms with Crippen LogP contribution in [0.4, 0.5) is 0 Å².